The van der Waals surface area contributed by atoms with Gasteiger partial charge in [-0.2, -0.15) is 0 Å². The minimum atomic E-state index is -1.21. The van der Waals surface area contributed by atoms with Crippen molar-refractivity contribution in [3.63, 3.8) is 0 Å². The summed E-state index contributed by atoms with van der Waals surface area (Å²) in [5, 5.41) is 40.4. The predicted octanol–water partition coefficient (Wildman–Crippen LogP) is 1.08. The van der Waals surface area contributed by atoms with E-state index in [9.17, 15) is 20.4 Å². The van der Waals surface area contributed by atoms with Crippen LogP contribution in [-0.4, -0.2) is 50.8 Å². The van der Waals surface area contributed by atoms with Crippen molar-refractivity contribution in [3.05, 3.63) is 36.4 Å². The SMILES string of the molecule is Oc1ccc2ccc(S[C@@H]3OC[C@@H](O)[C@H](O)[C@H]3O)cc2c1. The third kappa shape index (κ3) is 3.00. The summed E-state index contributed by atoms with van der Waals surface area (Å²) in [7, 11) is 0. The molecule has 1 aliphatic heterocycles. The Labute approximate surface area is 125 Å². The van der Waals surface area contributed by atoms with Crippen LogP contribution < -0.4 is 0 Å². The van der Waals surface area contributed by atoms with Gasteiger partial charge in [0.25, 0.3) is 0 Å². The molecule has 1 heterocycles. The maximum atomic E-state index is 9.93. The number of thioether (sulfide) groups is 1. The first-order valence-electron chi connectivity index (χ1n) is 6.60. The van der Waals surface area contributed by atoms with Gasteiger partial charge in [-0.25, -0.2) is 0 Å². The van der Waals surface area contributed by atoms with Crippen LogP contribution >= 0.6 is 11.8 Å². The van der Waals surface area contributed by atoms with Crippen molar-refractivity contribution in [3.8, 4) is 5.75 Å². The molecule has 5 nitrogen and oxygen atoms in total. The summed E-state index contributed by atoms with van der Waals surface area (Å²) in [6.45, 7) is -0.00966. The smallest absolute Gasteiger partial charge is 0.136 e. The van der Waals surface area contributed by atoms with Crippen LogP contribution in [0.25, 0.3) is 10.8 Å². The summed E-state index contributed by atoms with van der Waals surface area (Å²) >= 11 is 1.27. The van der Waals surface area contributed by atoms with Gasteiger partial charge in [0.2, 0.25) is 0 Å². The fourth-order valence-electron chi connectivity index (χ4n) is 2.30. The number of fused-ring (bicyclic) bond motifs is 1. The molecule has 6 heteroatoms. The minimum Gasteiger partial charge on any atom is -0.508 e. The largest absolute Gasteiger partial charge is 0.508 e. The summed E-state index contributed by atoms with van der Waals surface area (Å²) in [5.41, 5.74) is -0.641. The molecule has 0 spiro atoms. The van der Waals surface area contributed by atoms with Crippen LogP contribution in [0, 0.1) is 0 Å². The average molecular weight is 308 g/mol. The number of aliphatic hydroxyl groups excluding tert-OH is 3. The number of aliphatic hydroxyl groups is 3. The van der Waals surface area contributed by atoms with E-state index >= 15 is 0 Å². The van der Waals surface area contributed by atoms with E-state index in [4.69, 9.17) is 4.74 Å². The van der Waals surface area contributed by atoms with E-state index in [1.807, 2.05) is 24.3 Å². The van der Waals surface area contributed by atoms with Gasteiger partial charge in [-0.05, 0) is 35.0 Å². The van der Waals surface area contributed by atoms with Crippen molar-refractivity contribution in [2.75, 3.05) is 6.61 Å². The second-order valence-corrected chi connectivity index (χ2v) is 6.23. The van der Waals surface area contributed by atoms with Crippen molar-refractivity contribution in [1.29, 1.82) is 0 Å². The van der Waals surface area contributed by atoms with Gasteiger partial charge in [0.15, 0.2) is 0 Å². The first-order chi connectivity index (χ1) is 10.0. The highest BCUT2D eigenvalue weighted by Crippen LogP contribution is 2.33. The minimum absolute atomic E-state index is 0.00966. The molecule has 0 amide bonds. The Bertz CT molecular complexity index is 647. The second kappa shape index (κ2) is 5.82. The van der Waals surface area contributed by atoms with E-state index < -0.39 is 23.7 Å². The Balaban J connectivity index is 1.81. The fourth-order valence-corrected chi connectivity index (χ4v) is 3.36. The molecule has 1 saturated heterocycles. The van der Waals surface area contributed by atoms with E-state index in [-0.39, 0.29) is 12.4 Å². The lowest BCUT2D eigenvalue weighted by molar-refractivity contribution is -0.161. The Morgan fingerprint density at radius 2 is 1.71 bits per heavy atom. The fraction of sp³-hybridized carbons (Fsp3) is 0.333. The van der Waals surface area contributed by atoms with Gasteiger partial charge in [-0.3, -0.25) is 0 Å². The van der Waals surface area contributed by atoms with Gasteiger partial charge < -0.3 is 25.2 Å². The summed E-state index contributed by atoms with van der Waals surface area (Å²) in [6.07, 6.45) is -3.43. The first kappa shape index (κ1) is 14.6. The topological polar surface area (TPSA) is 90.2 Å². The molecular weight excluding hydrogens is 292 g/mol. The molecule has 0 aromatic heterocycles. The number of phenolic OH excluding ortho intramolecular Hbond substituents is 1. The highest BCUT2D eigenvalue weighted by molar-refractivity contribution is 7.99. The third-order valence-electron chi connectivity index (χ3n) is 3.50. The molecule has 112 valence electrons. The van der Waals surface area contributed by atoms with Gasteiger partial charge >= 0.3 is 0 Å². The highest BCUT2D eigenvalue weighted by atomic mass is 32.2. The number of hydrogen-bond donors (Lipinski definition) is 4. The predicted molar refractivity (Wildman–Crippen MR) is 79.2 cm³/mol. The second-order valence-electron chi connectivity index (χ2n) is 5.06. The summed E-state index contributed by atoms with van der Waals surface area (Å²) in [5.74, 6) is 0.192. The van der Waals surface area contributed by atoms with Crippen molar-refractivity contribution >= 4 is 22.5 Å². The normalized spacial score (nSPS) is 29.7. The van der Waals surface area contributed by atoms with E-state index in [1.165, 1.54) is 11.8 Å². The zero-order valence-electron chi connectivity index (χ0n) is 11.1. The van der Waals surface area contributed by atoms with E-state index in [2.05, 4.69) is 0 Å². The number of rotatable bonds is 2. The van der Waals surface area contributed by atoms with Crippen molar-refractivity contribution in [2.24, 2.45) is 0 Å². The van der Waals surface area contributed by atoms with Gasteiger partial charge in [-0.1, -0.05) is 23.9 Å². The lowest BCUT2D eigenvalue weighted by Crippen LogP contribution is -2.51. The monoisotopic (exact) mass is 308 g/mol. The number of hydrogen-bond acceptors (Lipinski definition) is 6. The zero-order chi connectivity index (χ0) is 15.0. The number of benzene rings is 2. The first-order valence-corrected chi connectivity index (χ1v) is 7.48. The molecule has 2 aromatic rings. The van der Waals surface area contributed by atoms with Crippen LogP contribution in [0.3, 0.4) is 0 Å². The van der Waals surface area contributed by atoms with Gasteiger partial charge in [0.05, 0.1) is 6.61 Å². The molecule has 4 atom stereocenters. The molecule has 0 bridgehead atoms. The van der Waals surface area contributed by atoms with E-state index in [0.29, 0.717) is 0 Å². The highest BCUT2D eigenvalue weighted by Gasteiger charge is 2.37. The molecule has 21 heavy (non-hydrogen) atoms. The molecule has 4 N–H and O–H groups in total. The molecule has 3 rings (SSSR count). The van der Waals surface area contributed by atoms with Crippen molar-refractivity contribution in [2.45, 2.75) is 28.6 Å². The molecule has 0 radical (unpaired) electrons. The van der Waals surface area contributed by atoms with E-state index in [1.54, 1.807) is 12.1 Å². The van der Waals surface area contributed by atoms with Crippen LogP contribution in [0.5, 0.6) is 5.75 Å². The average Bonchev–Trinajstić information content (AvgIpc) is 2.47. The van der Waals surface area contributed by atoms with Gasteiger partial charge in [-0.15, -0.1) is 0 Å². The Morgan fingerprint density at radius 1 is 0.952 bits per heavy atom. The van der Waals surface area contributed by atoms with Crippen LogP contribution in [0.2, 0.25) is 0 Å². The molecule has 0 saturated carbocycles. The van der Waals surface area contributed by atoms with E-state index in [0.717, 1.165) is 15.7 Å². The maximum absolute atomic E-state index is 9.93. The maximum Gasteiger partial charge on any atom is 0.136 e. The Hall–Kier alpha value is -1.31. The standard InChI is InChI=1S/C15H16O5S/c16-10-3-1-8-2-4-11(6-9(8)5-10)21-15-14(19)13(18)12(17)7-20-15/h1-6,12-19H,7H2/t12-,13+,14-,15+/m1/s1. The third-order valence-corrected chi connectivity index (χ3v) is 4.68. The van der Waals surface area contributed by atoms with Gasteiger partial charge in [0, 0.05) is 4.90 Å². The molecule has 2 aromatic carbocycles. The molecule has 0 aliphatic carbocycles. The van der Waals surface area contributed by atoms with Crippen LogP contribution in [0.4, 0.5) is 0 Å². The Kier molecular flexibility index (Phi) is 4.05. The van der Waals surface area contributed by atoms with Crippen molar-refractivity contribution < 1.29 is 25.2 Å². The Morgan fingerprint density at radius 3 is 2.52 bits per heavy atom. The van der Waals surface area contributed by atoms with Gasteiger partial charge in [0.1, 0.15) is 29.5 Å². The molecular formula is C15H16O5S. The number of ether oxygens (including phenoxy) is 1. The number of aromatic hydroxyl groups is 1. The summed E-state index contributed by atoms with van der Waals surface area (Å²) < 4.78 is 5.37. The summed E-state index contributed by atoms with van der Waals surface area (Å²) in [4.78, 5) is 0.848. The van der Waals surface area contributed by atoms with Crippen LogP contribution in [0.15, 0.2) is 41.3 Å². The molecule has 1 fully saturated rings. The van der Waals surface area contributed by atoms with Crippen molar-refractivity contribution in [1.82, 2.24) is 0 Å². The van der Waals surface area contributed by atoms with Crippen LogP contribution in [-0.2, 0) is 4.74 Å². The molecule has 1 aliphatic rings. The summed E-state index contributed by atoms with van der Waals surface area (Å²) in [6, 6.07) is 10.8. The quantitative estimate of drug-likeness (QED) is 0.664. The molecule has 0 unspecified atom stereocenters. The lowest BCUT2D eigenvalue weighted by atomic mass is 10.1. The number of phenols is 1. The van der Waals surface area contributed by atoms with Crippen LogP contribution in [0.1, 0.15) is 0 Å². The zero-order valence-corrected chi connectivity index (χ0v) is 11.9. The lowest BCUT2D eigenvalue weighted by Gasteiger charge is -2.34.